The van der Waals surface area contributed by atoms with Crippen LogP contribution in [0.2, 0.25) is 0 Å². The second kappa shape index (κ2) is 9.78. The van der Waals surface area contributed by atoms with Crippen LogP contribution in [0.1, 0.15) is 34.8 Å². The minimum Gasteiger partial charge on any atom is -0.488 e. The first kappa shape index (κ1) is 19.7. The Morgan fingerprint density at radius 2 is 2.00 bits per heavy atom. The Hall–Kier alpha value is -3.02. The molecule has 0 saturated heterocycles. The molecule has 1 atom stereocenters. The van der Waals surface area contributed by atoms with Gasteiger partial charge in [0.2, 0.25) is 0 Å². The average Bonchev–Trinajstić information content (AvgIpc) is 3.15. The SMILES string of the molecule is CCCNC(=O)c1cccc(CNC(=NC)NCC2Cc3ccccc3O2)c1. The second-order valence-electron chi connectivity index (χ2n) is 6.81. The number of amides is 1. The molecule has 2 aromatic rings. The van der Waals surface area contributed by atoms with Gasteiger partial charge in [0.25, 0.3) is 5.91 Å². The molecule has 0 aromatic heterocycles. The number of fused-ring (bicyclic) bond motifs is 1. The van der Waals surface area contributed by atoms with Crippen molar-refractivity contribution < 1.29 is 9.53 Å². The van der Waals surface area contributed by atoms with Crippen LogP contribution in [0.4, 0.5) is 0 Å². The summed E-state index contributed by atoms with van der Waals surface area (Å²) in [6.45, 7) is 3.98. The highest BCUT2D eigenvalue weighted by Gasteiger charge is 2.22. The Morgan fingerprint density at radius 1 is 1.14 bits per heavy atom. The van der Waals surface area contributed by atoms with Crippen molar-refractivity contribution in [1.82, 2.24) is 16.0 Å². The number of ether oxygens (including phenoxy) is 1. The van der Waals surface area contributed by atoms with Gasteiger partial charge in [0.05, 0.1) is 6.54 Å². The molecule has 1 heterocycles. The minimum absolute atomic E-state index is 0.0378. The number of carbonyl (C=O) groups excluding carboxylic acids is 1. The van der Waals surface area contributed by atoms with Gasteiger partial charge < -0.3 is 20.7 Å². The highest BCUT2D eigenvalue weighted by atomic mass is 16.5. The molecule has 28 heavy (non-hydrogen) atoms. The zero-order chi connectivity index (χ0) is 19.8. The number of nitrogens with one attached hydrogen (secondary N) is 3. The lowest BCUT2D eigenvalue weighted by Gasteiger charge is -2.16. The number of rotatable bonds is 7. The predicted octanol–water partition coefficient (Wildman–Crippen LogP) is 2.50. The lowest BCUT2D eigenvalue weighted by Crippen LogP contribution is -2.42. The Morgan fingerprint density at radius 3 is 2.79 bits per heavy atom. The van der Waals surface area contributed by atoms with Gasteiger partial charge in [-0.2, -0.15) is 0 Å². The van der Waals surface area contributed by atoms with Crippen LogP contribution < -0.4 is 20.7 Å². The van der Waals surface area contributed by atoms with Crippen molar-refractivity contribution in [3.05, 3.63) is 65.2 Å². The summed E-state index contributed by atoms with van der Waals surface area (Å²) < 4.78 is 5.95. The molecule has 0 spiro atoms. The van der Waals surface area contributed by atoms with Crippen LogP contribution in [-0.2, 0) is 13.0 Å². The molecule has 1 aliphatic heterocycles. The van der Waals surface area contributed by atoms with Crippen molar-refractivity contribution in [2.45, 2.75) is 32.4 Å². The molecule has 148 valence electrons. The van der Waals surface area contributed by atoms with Crippen molar-refractivity contribution >= 4 is 11.9 Å². The summed E-state index contributed by atoms with van der Waals surface area (Å²) in [5.41, 5.74) is 2.94. The molecular formula is C22H28N4O2. The molecule has 3 rings (SSSR count). The van der Waals surface area contributed by atoms with E-state index in [1.807, 2.05) is 49.4 Å². The molecule has 0 fully saturated rings. The lowest BCUT2D eigenvalue weighted by molar-refractivity contribution is 0.0953. The van der Waals surface area contributed by atoms with E-state index < -0.39 is 0 Å². The maximum absolute atomic E-state index is 12.1. The van der Waals surface area contributed by atoms with Gasteiger partial charge >= 0.3 is 0 Å². The number of hydrogen-bond donors (Lipinski definition) is 3. The standard InChI is InChI=1S/C22H28N4O2/c1-3-11-24-21(27)18-9-6-7-16(12-18)14-25-22(23-2)26-15-19-13-17-8-4-5-10-20(17)28-19/h4-10,12,19H,3,11,13-15H2,1-2H3,(H,24,27)(H2,23,25,26). The summed E-state index contributed by atoms with van der Waals surface area (Å²) in [7, 11) is 1.74. The van der Waals surface area contributed by atoms with Crippen LogP contribution >= 0.6 is 0 Å². The van der Waals surface area contributed by atoms with Crippen LogP contribution in [0.3, 0.4) is 0 Å². The molecule has 0 aliphatic carbocycles. The van der Waals surface area contributed by atoms with Gasteiger partial charge in [0, 0.05) is 32.1 Å². The molecule has 1 amide bonds. The number of guanidine groups is 1. The molecule has 0 saturated carbocycles. The summed E-state index contributed by atoms with van der Waals surface area (Å²) in [5, 5.41) is 9.51. The van der Waals surface area contributed by atoms with Gasteiger partial charge in [-0.15, -0.1) is 0 Å². The van der Waals surface area contributed by atoms with Crippen molar-refractivity contribution in [3.8, 4) is 5.75 Å². The first-order valence-electron chi connectivity index (χ1n) is 9.75. The Balaban J connectivity index is 1.47. The summed E-state index contributed by atoms with van der Waals surface area (Å²) >= 11 is 0. The van der Waals surface area contributed by atoms with Crippen LogP contribution in [-0.4, -0.2) is 38.1 Å². The molecular weight excluding hydrogens is 352 g/mol. The minimum atomic E-state index is -0.0378. The average molecular weight is 380 g/mol. The molecule has 1 aliphatic rings. The molecule has 2 aromatic carbocycles. The number of nitrogens with zero attached hydrogens (tertiary/aromatic N) is 1. The van der Waals surface area contributed by atoms with E-state index in [-0.39, 0.29) is 12.0 Å². The van der Waals surface area contributed by atoms with Gasteiger partial charge in [-0.1, -0.05) is 37.3 Å². The van der Waals surface area contributed by atoms with Crippen LogP contribution in [0.5, 0.6) is 5.75 Å². The van der Waals surface area contributed by atoms with Gasteiger partial charge in [-0.25, -0.2) is 0 Å². The smallest absolute Gasteiger partial charge is 0.251 e. The van der Waals surface area contributed by atoms with Crippen LogP contribution in [0.25, 0.3) is 0 Å². The van der Waals surface area contributed by atoms with E-state index in [1.54, 1.807) is 7.05 Å². The summed E-state index contributed by atoms with van der Waals surface area (Å²) in [6.07, 6.45) is 1.92. The molecule has 0 radical (unpaired) electrons. The highest BCUT2D eigenvalue weighted by Crippen LogP contribution is 2.27. The van der Waals surface area contributed by atoms with Gasteiger partial charge in [-0.3, -0.25) is 9.79 Å². The predicted molar refractivity (Wildman–Crippen MR) is 112 cm³/mol. The first-order chi connectivity index (χ1) is 13.7. The number of carbonyl (C=O) groups is 1. The lowest BCUT2D eigenvalue weighted by atomic mass is 10.1. The summed E-state index contributed by atoms with van der Waals surface area (Å²) in [4.78, 5) is 16.4. The van der Waals surface area contributed by atoms with E-state index in [1.165, 1.54) is 5.56 Å². The summed E-state index contributed by atoms with van der Waals surface area (Å²) in [5.74, 6) is 1.64. The third kappa shape index (κ3) is 5.25. The van der Waals surface area contributed by atoms with Crippen LogP contribution in [0.15, 0.2) is 53.5 Å². The fourth-order valence-electron chi connectivity index (χ4n) is 3.15. The largest absolute Gasteiger partial charge is 0.488 e. The fraction of sp³-hybridized carbons (Fsp3) is 0.364. The topological polar surface area (TPSA) is 74.8 Å². The van der Waals surface area contributed by atoms with Crippen LogP contribution in [0, 0.1) is 0 Å². The van der Waals surface area contributed by atoms with E-state index >= 15 is 0 Å². The van der Waals surface area contributed by atoms with Gasteiger partial charge in [0.1, 0.15) is 11.9 Å². The molecule has 0 bridgehead atoms. The van der Waals surface area contributed by atoms with E-state index in [4.69, 9.17) is 4.74 Å². The highest BCUT2D eigenvalue weighted by molar-refractivity contribution is 5.94. The molecule has 6 nitrogen and oxygen atoms in total. The maximum atomic E-state index is 12.1. The van der Waals surface area contributed by atoms with E-state index in [0.717, 1.165) is 24.2 Å². The quantitative estimate of drug-likeness (QED) is 0.510. The third-order valence-corrected chi connectivity index (χ3v) is 4.62. The summed E-state index contributed by atoms with van der Waals surface area (Å²) in [6, 6.07) is 15.8. The number of benzene rings is 2. The Kier molecular flexibility index (Phi) is 6.89. The maximum Gasteiger partial charge on any atom is 0.251 e. The van der Waals surface area contributed by atoms with Gasteiger partial charge in [0.15, 0.2) is 5.96 Å². The molecule has 6 heteroatoms. The van der Waals surface area contributed by atoms with E-state index in [0.29, 0.717) is 31.2 Å². The monoisotopic (exact) mass is 380 g/mol. The fourth-order valence-corrected chi connectivity index (χ4v) is 3.15. The van der Waals surface area contributed by atoms with Crippen molar-refractivity contribution in [1.29, 1.82) is 0 Å². The Bertz CT molecular complexity index is 810. The number of aliphatic imine (C=N–C) groups is 1. The van der Waals surface area contributed by atoms with Crippen molar-refractivity contribution in [2.75, 3.05) is 20.1 Å². The zero-order valence-corrected chi connectivity index (χ0v) is 16.5. The molecule has 1 unspecified atom stereocenters. The number of hydrogen-bond acceptors (Lipinski definition) is 3. The second-order valence-corrected chi connectivity index (χ2v) is 6.81. The molecule has 3 N–H and O–H groups in total. The van der Waals surface area contributed by atoms with Gasteiger partial charge in [-0.05, 0) is 35.7 Å². The van der Waals surface area contributed by atoms with Crippen molar-refractivity contribution in [3.63, 3.8) is 0 Å². The van der Waals surface area contributed by atoms with E-state index in [2.05, 4.69) is 27.0 Å². The van der Waals surface area contributed by atoms with E-state index in [9.17, 15) is 4.79 Å². The zero-order valence-electron chi connectivity index (χ0n) is 16.5. The normalized spacial score (nSPS) is 15.5. The first-order valence-corrected chi connectivity index (χ1v) is 9.75. The Labute approximate surface area is 166 Å². The third-order valence-electron chi connectivity index (χ3n) is 4.62. The number of para-hydroxylation sites is 1. The van der Waals surface area contributed by atoms with Crippen molar-refractivity contribution in [2.24, 2.45) is 4.99 Å².